The van der Waals surface area contributed by atoms with Crippen LogP contribution in [0.15, 0.2) is 11.6 Å². The third-order valence-corrected chi connectivity index (χ3v) is 4.36. The molecule has 0 atom stereocenters. The summed E-state index contributed by atoms with van der Waals surface area (Å²) in [5, 5.41) is 0. The Bertz CT molecular complexity index is 210. The van der Waals surface area contributed by atoms with Crippen molar-refractivity contribution in [2.75, 3.05) is 0 Å². The Balaban J connectivity index is 2.98. The van der Waals surface area contributed by atoms with Crippen LogP contribution in [0.3, 0.4) is 0 Å². The van der Waals surface area contributed by atoms with Crippen molar-refractivity contribution in [3.05, 3.63) is 11.6 Å². The first-order valence-corrected chi connectivity index (χ1v) is 9.90. The Kier molecular flexibility index (Phi) is 17.6. The highest BCUT2D eigenvalue weighted by Gasteiger charge is 1.94. The largest absolute Gasteiger partial charge is 0.0859 e. The van der Waals surface area contributed by atoms with E-state index in [1.54, 1.807) is 0 Å². The van der Waals surface area contributed by atoms with Crippen LogP contribution in [0, 0.1) is 0 Å². The third kappa shape index (κ3) is 19.7. The molecule has 0 bridgehead atoms. The molecule has 0 aromatic rings. The Labute approximate surface area is 135 Å². The highest BCUT2D eigenvalue weighted by Crippen LogP contribution is 2.13. The molecule has 0 nitrogen and oxygen atoms in total. The van der Waals surface area contributed by atoms with Crippen LogP contribution in [0.1, 0.15) is 124 Å². The van der Waals surface area contributed by atoms with Gasteiger partial charge in [0.15, 0.2) is 0 Å². The van der Waals surface area contributed by atoms with Gasteiger partial charge >= 0.3 is 0 Å². The summed E-state index contributed by atoms with van der Waals surface area (Å²) in [6.07, 6.45) is 25.5. The van der Waals surface area contributed by atoms with Gasteiger partial charge in [0.25, 0.3) is 0 Å². The SMILES string of the molecule is CCCCCCCCCCCCCCCCCC=C(C)C. The second kappa shape index (κ2) is 17.8. The van der Waals surface area contributed by atoms with E-state index in [4.69, 9.17) is 0 Å². The Morgan fingerprint density at radius 2 is 0.857 bits per heavy atom. The molecule has 0 amide bonds. The van der Waals surface area contributed by atoms with Crippen LogP contribution < -0.4 is 0 Å². The van der Waals surface area contributed by atoms with Gasteiger partial charge in [-0.1, -0.05) is 108 Å². The maximum atomic E-state index is 2.38. The molecule has 0 heteroatoms. The standard InChI is InChI=1S/C21H42/c1-4-5-6-7-8-9-10-11-12-13-14-15-16-17-18-19-20-21(2)3/h20H,4-19H2,1-3H3. The van der Waals surface area contributed by atoms with Gasteiger partial charge < -0.3 is 0 Å². The summed E-state index contributed by atoms with van der Waals surface area (Å²) in [5.74, 6) is 0. The van der Waals surface area contributed by atoms with Crippen molar-refractivity contribution >= 4 is 0 Å². The normalized spacial score (nSPS) is 10.8. The molecule has 0 fully saturated rings. The minimum Gasteiger partial charge on any atom is -0.0859 e. The first-order chi connectivity index (χ1) is 10.3. The van der Waals surface area contributed by atoms with Gasteiger partial charge in [0, 0.05) is 0 Å². The lowest BCUT2D eigenvalue weighted by atomic mass is 10.0. The molecule has 21 heavy (non-hydrogen) atoms. The Hall–Kier alpha value is -0.260. The molecule has 0 aliphatic heterocycles. The minimum atomic E-state index is 1.29. The fourth-order valence-electron chi connectivity index (χ4n) is 2.91. The van der Waals surface area contributed by atoms with Gasteiger partial charge in [-0.3, -0.25) is 0 Å². The van der Waals surface area contributed by atoms with E-state index in [9.17, 15) is 0 Å². The van der Waals surface area contributed by atoms with Gasteiger partial charge in [0.1, 0.15) is 0 Å². The molecule has 0 aromatic heterocycles. The lowest BCUT2D eigenvalue weighted by Gasteiger charge is -2.03. The smallest absolute Gasteiger partial charge is 0.0348 e. The molecule has 0 aliphatic rings. The van der Waals surface area contributed by atoms with Gasteiger partial charge in [-0.15, -0.1) is 0 Å². The number of unbranched alkanes of at least 4 members (excludes halogenated alkanes) is 15. The quantitative estimate of drug-likeness (QED) is 0.199. The van der Waals surface area contributed by atoms with Gasteiger partial charge in [-0.05, 0) is 26.7 Å². The van der Waals surface area contributed by atoms with Gasteiger partial charge in [-0.25, -0.2) is 0 Å². The van der Waals surface area contributed by atoms with Gasteiger partial charge in [0.05, 0.1) is 0 Å². The fourth-order valence-corrected chi connectivity index (χ4v) is 2.91. The average molecular weight is 295 g/mol. The van der Waals surface area contributed by atoms with Crippen LogP contribution in [-0.4, -0.2) is 0 Å². The second-order valence-electron chi connectivity index (χ2n) is 7.02. The minimum absolute atomic E-state index is 1.29. The molecule has 126 valence electrons. The van der Waals surface area contributed by atoms with Crippen molar-refractivity contribution < 1.29 is 0 Å². The van der Waals surface area contributed by atoms with E-state index in [0.717, 1.165) is 0 Å². The summed E-state index contributed by atoms with van der Waals surface area (Å²) in [7, 11) is 0. The van der Waals surface area contributed by atoms with Crippen molar-refractivity contribution in [1.29, 1.82) is 0 Å². The number of rotatable bonds is 16. The molecule has 0 heterocycles. The van der Waals surface area contributed by atoms with Crippen molar-refractivity contribution in [2.45, 2.75) is 124 Å². The van der Waals surface area contributed by atoms with Crippen molar-refractivity contribution in [3.63, 3.8) is 0 Å². The second-order valence-corrected chi connectivity index (χ2v) is 7.02. The molecule has 0 saturated heterocycles. The summed E-state index contributed by atoms with van der Waals surface area (Å²) in [6.45, 7) is 6.69. The molecule has 0 rings (SSSR count). The lowest BCUT2D eigenvalue weighted by molar-refractivity contribution is 0.533. The van der Waals surface area contributed by atoms with Crippen LogP contribution >= 0.6 is 0 Å². The van der Waals surface area contributed by atoms with E-state index in [1.165, 1.54) is 108 Å². The monoisotopic (exact) mass is 294 g/mol. The first-order valence-electron chi connectivity index (χ1n) is 9.90. The van der Waals surface area contributed by atoms with Crippen molar-refractivity contribution in [2.24, 2.45) is 0 Å². The number of allylic oxidation sites excluding steroid dienone is 2. The summed E-state index contributed by atoms with van der Waals surface area (Å²) < 4.78 is 0. The van der Waals surface area contributed by atoms with E-state index in [-0.39, 0.29) is 0 Å². The van der Waals surface area contributed by atoms with Crippen molar-refractivity contribution in [3.8, 4) is 0 Å². The van der Waals surface area contributed by atoms with E-state index in [2.05, 4.69) is 26.8 Å². The van der Waals surface area contributed by atoms with E-state index in [0.29, 0.717) is 0 Å². The summed E-state index contributed by atoms with van der Waals surface area (Å²) in [6, 6.07) is 0. The van der Waals surface area contributed by atoms with Crippen LogP contribution in [0.2, 0.25) is 0 Å². The lowest BCUT2D eigenvalue weighted by Crippen LogP contribution is -1.83. The summed E-state index contributed by atoms with van der Waals surface area (Å²) in [5.41, 5.74) is 1.47. The maximum Gasteiger partial charge on any atom is -0.0348 e. The van der Waals surface area contributed by atoms with E-state index in [1.807, 2.05) is 0 Å². The highest BCUT2D eigenvalue weighted by molar-refractivity contribution is 4.92. The molecule has 0 unspecified atom stereocenters. The van der Waals surface area contributed by atoms with E-state index >= 15 is 0 Å². The predicted octanol–water partition coefficient (Wildman–Crippen LogP) is 8.21. The van der Waals surface area contributed by atoms with Gasteiger partial charge in [0.2, 0.25) is 0 Å². The number of hydrogen-bond acceptors (Lipinski definition) is 0. The number of hydrogen-bond donors (Lipinski definition) is 0. The van der Waals surface area contributed by atoms with Crippen LogP contribution in [0.4, 0.5) is 0 Å². The first kappa shape index (κ1) is 20.7. The molecule has 0 aliphatic carbocycles. The maximum absolute atomic E-state index is 2.38. The Morgan fingerprint density at radius 3 is 1.19 bits per heavy atom. The third-order valence-electron chi connectivity index (χ3n) is 4.36. The fraction of sp³-hybridized carbons (Fsp3) is 0.905. The zero-order chi connectivity index (χ0) is 15.6. The highest BCUT2D eigenvalue weighted by atomic mass is 14.0. The molecule has 0 N–H and O–H groups in total. The summed E-state index contributed by atoms with van der Waals surface area (Å²) >= 11 is 0. The van der Waals surface area contributed by atoms with Crippen LogP contribution in [0.25, 0.3) is 0 Å². The zero-order valence-corrected chi connectivity index (χ0v) is 15.4. The Morgan fingerprint density at radius 1 is 0.524 bits per heavy atom. The molecule has 0 saturated carbocycles. The summed E-state index contributed by atoms with van der Waals surface area (Å²) in [4.78, 5) is 0. The molecule has 0 aromatic carbocycles. The molecule has 0 spiro atoms. The van der Waals surface area contributed by atoms with Crippen molar-refractivity contribution in [1.82, 2.24) is 0 Å². The molecular formula is C21H42. The van der Waals surface area contributed by atoms with Crippen LogP contribution in [0.5, 0.6) is 0 Å². The van der Waals surface area contributed by atoms with Crippen LogP contribution in [-0.2, 0) is 0 Å². The molecule has 0 radical (unpaired) electrons. The zero-order valence-electron chi connectivity index (χ0n) is 15.4. The molecular weight excluding hydrogens is 252 g/mol. The van der Waals surface area contributed by atoms with E-state index < -0.39 is 0 Å². The topological polar surface area (TPSA) is 0 Å². The average Bonchev–Trinajstić information content (AvgIpc) is 2.46. The predicted molar refractivity (Wildman–Crippen MR) is 99.0 cm³/mol. The van der Waals surface area contributed by atoms with Gasteiger partial charge in [-0.2, -0.15) is 0 Å².